The summed E-state index contributed by atoms with van der Waals surface area (Å²) in [7, 11) is 5.06. The van der Waals surface area contributed by atoms with Gasteiger partial charge in [-0.25, -0.2) is 4.98 Å². The number of methoxy groups -OCH3 is 3. The third kappa shape index (κ3) is 7.13. The molecule has 0 radical (unpaired) electrons. The lowest BCUT2D eigenvalue weighted by Gasteiger charge is -2.32. The van der Waals surface area contributed by atoms with E-state index in [1.54, 1.807) is 21.3 Å². The number of aromatic nitrogens is 1. The minimum atomic E-state index is -0.00474. The van der Waals surface area contributed by atoms with E-state index >= 15 is 0 Å². The van der Waals surface area contributed by atoms with Gasteiger partial charge in [0.25, 0.3) is 0 Å². The quantitative estimate of drug-likeness (QED) is 0.187. The minimum Gasteiger partial charge on any atom is -0.496 e. The molecule has 1 aromatic heterocycles. The molecule has 3 aromatic carbocycles. The zero-order valence-electron chi connectivity index (χ0n) is 24.6. The van der Waals surface area contributed by atoms with Gasteiger partial charge in [-0.2, -0.15) is 0 Å². The molecule has 1 fully saturated rings. The summed E-state index contributed by atoms with van der Waals surface area (Å²) in [4.78, 5) is 4.59. The van der Waals surface area contributed by atoms with E-state index in [4.69, 9.17) is 28.4 Å². The van der Waals surface area contributed by atoms with Crippen molar-refractivity contribution in [3.8, 4) is 23.1 Å². The predicted octanol–water partition coefficient (Wildman–Crippen LogP) is 5.91. The average Bonchev–Trinajstić information content (AvgIpc) is 3.05. The molecule has 2 atom stereocenters. The summed E-state index contributed by atoms with van der Waals surface area (Å²) in [6.07, 6.45) is 3.65. The zero-order chi connectivity index (χ0) is 29.1. The molecule has 1 N–H and O–H groups in total. The van der Waals surface area contributed by atoms with Crippen LogP contribution >= 0.6 is 0 Å². The number of ether oxygens (including phenoxy) is 6. The smallest absolute Gasteiger partial charge is 0.213 e. The minimum absolute atomic E-state index is 0.00474. The second-order valence-corrected chi connectivity index (χ2v) is 10.3. The van der Waals surface area contributed by atoms with Gasteiger partial charge in [0, 0.05) is 53.0 Å². The van der Waals surface area contributed by atoms with Crippen molar-refractivity contribution in [3.63, 3.8) is 0 Å². The maximum atomic E-state index is 6.53. The van der Waals surface area contributed by atoms with Crippen molar-refractivity contribution in [1.29, 1.82) is 0 Å². The van der Waals surface area contributed by atoms with Gasteiger partial charge in [-0.3, -0.25) is 0 Å². The molecule has 4 aromatic rings. The van der Waals surface area contributed by atoms with Gasteiger partial charge in [0.05, 0.1) is 53.9 Å². The molecule has 0 saturated carbocycles. The summed E-state index contributed by atoms with van der Waals surface area (Å²) >= 11 is 0. The first kappa shape index (κ1) is 29.6. The summed E-state index contributed by atoms with van der Waals surface area (Å²) in [5, 5.41) is 5.51. The zero-order valence-corrected chi connectivity index (χ0v) is 24.6. The van der Waals surface area contributed by atoms with E-state index < -0.39 is 0 Å². The molecule has 42 heavy (non-hydrogen) atoms. The maximum Gasteiger partial charge on any atom is 0.213 e. The Morgan fingerprint density at radius 2 is 1.62 bits per heavy atom. The number of rotatable bonds is 14. The lowest BCUT2D eigenvalue weighted by Crippen LogP contribution is -2.41. The van der Waals surface area contributed by atoms with Crippen LogP contribution in [-0.4, -0.2) is 58.7 Å². The molecular formula is C34H40N2O6. The normalized spacial score (nSPS) is 16.7. The monoisotopic (exact) mass is 572 g/mol. The summed E-state index contributed by atoms with van der Waals surface area (Å²) < 4.78 is 35.1. The summed E-state index contributed by atoms with van der Waals surface area (Å²) in [5.41, 5.74) is 3.15. The van der Waals surface area contributed by atoms with E-state index in [0.717, 1.165) is 70.6 Å². The van der Waals surface area contributed by atoms with Gasteiger partial charge in [0.2, 0.25) is 5.88 Å². The molecule has 0 amide bonds. The molecule has 0 spiro atoms. The third-order valence-electron chi connectivity index (χ3n) is 7.66. The lowest BCUT2D eigenvalue weighted by atomic mass is 9.88. The number of fused-ring (bicyclic) bond motifs is 1. The van der Waals surface area contributed by atoms with E-state index in [-0.39, 0.29) is 12.0 Å². The van der Waals surface area contributed by atoms with Gasteiger partial charge in [-0.15, -0.1) is 0 Å². The van der Waals surface area contributed by atoms with Gasteiger partial charge in [-0.05, 0) is 30.7 Å². The van der Waals surface area contributed by atoms with Crippen molar-refractivity contribution in [2.24, 2.45) is 0 Å². The number of pyridine rings is 1. The average molecular weight is 573 g/mol. The summed E-state index contributed by atoms with van der Waals surface area (Å²) in [6, 6.07) is 22.1. The molecule has 1 aliphatic rings. The first-order valence-corrected chi connectivity index (χ1v) is 14.4. The summed E-state index contributed by atoms with van der Waals surface area (Å²) in [5.74, 6) is 3.31. The standard InChI is InChI=1S/C34H40N2O6/c1-37-30-12-7-4-9-25(30)22-40-17-8-18-41-33-14-13-24(20-36-33)27-15-16-35-21-32(27)42-23-26-19-31(38-2)28-10-5-6-11-29(28)34(26)39-3/h4-7,9-14,19-20,27,32,35H,8,15-18,21-23H2,1-3H3/t27-,32+/m1/s1. The molecule has 8 nitrogen and oxygen atoms in total. The Morgan fingerprint density at radius 1 is 0.810 bits per heavy atom. The highest BCUT2D eigenvalue weighted by atomic mass is 16.5. The molecule has 222 valence electrons. The molecule has 5 rings (SSSR count). The van der Waals surface area contributed by atoms with Crippen molar-refractivity contribution in [2.75, 3.05) is 47.6 Å². The Bertz CT molecular complexity index is 1430. The molecule has 0 unspecified atom stereocenters. The van der Waals surface area contributed by atoms with Crippen LogP contribution in [0.2, 0.25) is 0 Å². The molecule has 8 heteroatoms. The van der Waals surface area contributed by atoms with Crippen molar-refractivity contribution in [1.82, 2.24) is 10.3 Å². The number of nitrogens with one attached hydrogen (secondary N) is 1. The molecule has 0 bridgehead atoms. The van der Waals surface area contributed by atoms with E-state index in [2.05, 4.69) is 22.4 Å². The SMILES string of the molecule is COc1ccccc1COCCCOc1ccc([C@H]2CCNC[C@@H]2OCc2cc(OC)c3ccccc3c2OC)cn1. The molecular weight excluding hydrogens is 532 g/mol. The van der Waals surface area contributed by atoms with Crippen LogP contribution in [0.5, 0.6) is 23.1 Å². The molecule has 1 saturated heterocycles. The Morgan fingerprint density at radius 3 is 2.40 bits per heavy atom. The van der Waals surface area contributed by atoms with Crippen LogP contribution < -0.4 is 24.3 Å². The Labute approximate surface area is 247 Å². The van der Waals surface area contributed by atoms with Gasteiger partial charge in [0.1, 0.15) is 17.2 Å². The van der Waals surface area contributed by atoms with Crippen LogP contribution in [0.3, 0.4) is 0 Å². The topological polar surface area (TPSA) is 80.3 Å². The highest BCUT2D eigenvalue weighted by Gasteiger charge is 2.28. The van der Waals surface area contributed by atoms with Crippen LogP contribution in [0, 0.1) is 0 Å². The summed E-state index contributed by atoms with van der Waals surface area (Å²) in [6.45, 7) is 3.76. The molecule has 0 aliphatic carbocycles. The highest BCUT2D eigenvalue weighted by molar-refractivity contribution is 5.94. The van der Waals surface area contributed by atoms with Crippen molar-refractivity contribution in [3.05, 3.63) is 89.6 Å². The molecule has 1 aliphatic heterocycles. The predicted molar refractivity (Wildman–Crippen MR) is 163 cm³/mol. The Kier molecular flexibility index (Phi) is 10.5. The van der Waals surface area contributed by atoms with Gasteiger partial charge < -0.3 is 33.7 Å². The van der Waals surface area contributed by atoms with E-state index in [1.165, 1.54) is 0 Å². The van der Waals surface area contributed by atoms with Crippen LogP contribution in [0.4, 0.5) is 0 Å². The van der Waals surface area contributed by atoms with Crippen LogP contribution in [-0.2, 0) is 22.7 Å². The van der Waals surface area contributed by atoms with E-state index in [0.29, 0.717) is 32.3 Å². The van der Waals surface area contributed by atoms with Gasteiger partial charge in [-0.1, -0.05) is 48.5 Å². The number of benzene rings is 3. The second kappa shape index (κ2) is 14.9. The number of nitrogens with zero attached hydrogens (tertiary/aromatic N) is 1. The van der Waals surface area contributed by atoms with E-state index in [1.807, 2.05) is 60.8 Å². The number of piperidine rings is 1. The van der Waals surface area contributed by atoms with Crippen molar-refractivity contribution in [2.45, 2.75) is 38.1 Å². The lowest BCUT2D eigenvalue weighted by molar-refractivity contribution is 0.00975. The van der Waals surface area contributed by atoms with Crippen molar-refractivity contribution >= 4 is 10.8 Å². The van der Waals surface area contributed by atoms with Crippen molar-refractivity contribution < 1.29 is 28.4 Å². The van der Waals surface area contributed by atoms with Gasteiger partial charge >= 0.3 is 0 Å². The first-order valence-electron chi connectivity index (χ1n) is 14.4. The maximum absolute atomic E-state index is 6.53. The first-order chi connectivity index (χ1) is 20.7. The highest BCUT2D eigenvalue weighted by Crippen LogP contribution is 2.38. The Balaban J connectivity index is 1.14. The number of para-hydroxylation sites is 1. The van der Waals surface area contributed by atoms with Crippen LogP contribution in [0.25, 0.3) is 10.8 Å². The second-order valence-electron chi connectivity index (χ2n) is 10.3. The van der Waals surface area contributed by atoms with Gasteiger partial charge in [0.15, 0.2) is 0 Å². The fourth-order valence-electron chi connectivity index (χ4n) is 5.51. The Hall–Kier alpha value is -3.85. The fraction of sp³-hybridized carbons (Fsp3) is 0.382. The van der Waals surface area contributed by atoms with E-state index in [9.17, 15) is 0 Å². The number of hydrogen-bond acceptors (Lipinski definition) is 8. The third-order valence-corrected chi connectivity index (χ3v) is 7.66. The fourth-order valence-corrected chi connectivity index (χ4v) is 5.51. The number of hydrogen-bond donors (Lipinski definition) is 1. The largest absolute Gasteiger partial charge is 0.496 e. The van der Waals surface area contributed by atoms with Crippen LogP contribution in [0.1, 0.15) is 35.4 Å². The van der Waals surface area contributed by atoms with Crippen LogP contribution in [0.15, 0.2) is 72.9 Å². The molecule has 2 heterocycles.